The standard InChI is InChI=1S/C13H15N3O2/c14-12-8-11(15-16(12)9-13(17)18)7-6-10-4-2-1-3-5-10/h1-5,8H,6-7,9,14H2,(H,17,18). The number of carboxylic acids is 1. The lowest BCUT2D eigenvalue weighted by Gasteiger charge is -1.99. The molecule has 3 N–H and O–H groups in total. The van der Waals surface area contributed by atoms with E-state index in [1.165, 1.54) is 10.2 Å². The quantitative estimate of drug-likeness (QED) is 0.832. The molecule has 1 aromatic heterocycles. The molecule has 0 aliphatic carbocycles. The SMILES string of the molecule is Nc1cc(CCc2ccccc2)nn1CC(=O)O. The van der Waals surface area contributed by atoms with Gasteiger partial charge in [-0.15, -0.1) is 0 Å². The normalized spacial score (nSPS) is 10.4. The van der Waals surface area contributed by atoms with Crippen LogP contribution in [-0.4, -0.2) is 20.9 Å². The molecule has 1 heterocycles. The lowest BCUT2D eigenvalue weighted by Crippen LogP contribution is -2.12. The number of rotatable bonds is 5. The molecule has 0 spiro atoms. The molecule has 0 saturated heterocycles. The highest BCUT2D eigenvalue weighted by molar-refractivity contribution is 5.67. The van der Waals surface area contributed by atoms with Crippen molar-refractivity contribution < 1.29 is 9.90 Å². The highest BCUT2D eigenvalue weighted by Crippen LogP contribution is 2.10. The first-order chi connectivity index (χ1) is 8.65. The zero-order valence-corrected chi connectivity index (χ0v) is 9.91. The summed E-state index contributed by atoms with van der Waals surface area (Å²) >= 11 is 0. The van der Waals surface area contributed by atoms with Gasteiger partial charge in [-0.2, -0.15) is 5.10 Å². The summed E-state index contributed by atoms with van der Waals surface area (Å²) in [6, 6.07) is 11.8. The molecule has 0 fully saturated rings. The number of nitrogen functional groups attached to an aromatic ring is 1. The van der Waals surface area contributed by atoms with Crippen molar-refractivity contribution >= 4 is 11.8 Å². The first kappa shape index (κ1) is 12.2. The number of hydrogen-bond donors (Lipinski definition) is 2. The molecular weight excluding hydrogens is 230 g/mol. The molecule has 0 atom stereocenters. The van der Waals surface area contributed by atoms with Gasteiger partial charge in [-0.05, 0) is 18.4 Å². The third kappa shape index (κ3) is 3.10. The molecule has 0 radical (unpaired) electrons. The van der Waals surface area contributed by atoms with E-state index in [1.807, 2.05) is 18.2 Å². The molecule has 18 heavy (non-hydrogen) atoms. The van der Waals surface area contributed by atoms with Crippen molar-refractivity contribution in [1.82, 2.24) is 9.78 Å². The Balaban J connectivity index is 2.00. The van der Waals surface area contributed by atoms with Crippen LogP contribution in [-0.2, 0) is 24.2 Å². The Morgan fingerprint density at radius 1 is 1.28 bits per heavy atom. The molecule has 0 unspecified atom stereocenters. The van der Waals surface area contributed by atoms with Gasteiger partial charge in [0, 0.05) is 6.07 Å². The molecule has 0 amide bonds. The van der Waals surface area contributed by atoms with Crippen LogP contribution >= 0.6 is 0 Å². The zero-order chi connectivity index (χ0) is 13.0. The van der Waals surface area contributed by atoms with Gasteiger partial charge in [0.1, 0.15) is 12.4 Å². The van der Waals surface area contributed by atoms with Crippen molar-refractivity contribution in [3.8, 4) is 0 Å². The Kier molecular flexibility index (Phi) is 3.62. The predicted molar refractivity (Wildman–Crippen MR) is 68.1 cm³/mol. The van der Waals surface area contributed by atoms with Crippen LogP contribution in [0.25, 0.3) is 0 Å². The molecule has 5 nitrogen and oxygen atoms in total. The van der Waals surface area contributed by atoms with Crippen molar-refractivity contribution in [2.75, 3.05) is 5.73 Å². The first-order valence-electron chi connectivity index (χ1n) is 5.73. The minimum atomic E-state index is -0.945. The summed E-state index contributed by atoms with van der Waals surface area (Å²) in [7, 11) is 0. The van der Waals surface area contributed by atoms with Crippen LogP contribution in [0.4, 0.5) is 5.82 Å². The second kappa shape index (κ2) is 5.35. The highest BCUT2D eigenvalue weighted by atomic mass is 16.4. The number of carboxylic acid groups (broad SMARTS) is 1. The molecule has 2 aromatic rings. The molecule has 94 valence electrons. The van der Waals surface area contributed by atoms with Gasteiger partial charge in [-0.3, -0.25) is 4.79 Å². The second-order valence-electron chi connectivity index (χ2n) is 4.10. The summed E-state index contributed by atoms with van der Waals surface area (Å²) in [5.74, 6) is -0.556. The molecule has 0 aliphatic heterocycles. The van der Waals surface area contributed by atoms with E-state index < -0.39 is 5.97 Å². The van der Waals surface area contributed by atoms with Crippen molar-refractivity contribution in [3.63, 3.8) is 0 Å². The second-order valence-corrected chi connectivity index (χ2v) is 4.10. The lowest BCUT2D eigenvalue weighted by molar-refractivity contribution is -0.137. The van der Waals surface area contributed by atoms with E-state index in [0.717, 1.165) is 18.5 Å². The first-order valence-corrected chi connectivity index (χ1v) is 5.73. The predicted octanol–water partition coefficient (Wildman–Crippen LogP) is 1.34. The minimum absolute atomic E-state index is 0.197. The number of aliphatic carboxylic acids is 1. The number of hydrogen-bond acceptors (Lipinski definition) is 3. The Hall–Kier alpha value is -2.30. The van der Waals surface area contributed by atoms with Crippen molar-refractivity contribution in [3.05, 3.63) is 47.7 Å². The molecule has 0 aliphatic rings. The van der Waals surface area contributed by atoms with E-state index >= 15 is 0 Å². The minimum Gasteiger partial charge on any atom is -0.480 e. The number of aromatic nitrogens is 2. The van der Waals surface area contributed by atoms with E-state index in [1.54, 1.807) is 6.07 Å². The fraction of sp³-hybridized carbons (Fsp3) is 0.231. The Morgan fingerprint density at radius 2 is 2.00 bits per heavy atom. The topological polar surface area (TPSA) is 81.1 Å². The van der Waals surface area contributed by atoms with Crippen molar-refractivity contribution in [1.29, 1.82) is 0 Å². The average molecular weight is 245 g/mol. The van der Waals surface area contributed by atoms with Crippen LogP contribution < -0.4 is 5.73 Å². The number of benzene rings is 1. The van der Waals surface area contributed by atoms with E-state index in [-0.39, 0.29) is 6.54 Å². The fourth-order valence-corrected chi connectivity index (χ4v) is 1.78. The van der Waals surface area contributed by atoms with Crippen LogP contribution in [0.2, 0.25) is 0 Å². The largest absolute Gasteiger partial charge is 0.480 e. The van der Waals surface area contributed by atoms with Gasteiger partial charge >= 0.3 is 5.97 Å². The number of aryl methyl sites for hydroxylation is 2. The number of anilines is 1. The maximum Gasteiger partial charge on any atom is 0.325 e. The summed E-state index contributed by atoms with van der Waals surface area (Å²) in [5, 5.41) is 12.9. The summed E-state index contributed by atoms with van der Waals surface area (Å²) in [5.41, 5.74) is 7.74. The Bertz CT molecular complexity index is 534. The van der Waals surface area contributed by atoms with Gasteiger partial charge in [-0.25, -0.2) is 4.68 Å². The third-order valence-electron chi connectivity index (χ3n) is 2.66. The van der Waals surface area contributed by atoms with E-state index in [9.17, 15) is 4.79 Å². The zero-order valence-electron chi connectivity index (χ0n) is 9.91. The van der Waals surface area contributed by atoms with Crippen LogP contribution in [0, 0.1) is 0 Å². The summed E-state index contributed by atoms with van der Waals surface area (Å²) in [6.45, 7) is -0.197. The van der Waals surface area contributed by atoms with Gasteiger partial charge < -0.3 is 10.8 Å². The summed E-state index contributed by atoms with van der Waals surface area (Å²) in [4.78, 5) is 10.6. The van der Waals surface area contributed by atoms with E-state index in [4.69, 9.17) is 10.8 Å². The van der Waals surface area contributed by atoms with Gasteiger partial charge in [0.25, 0.3) is 0 Å². The smallest absolute Gasteiger partial charge is 0.325 e. The van der Waals surface area contributed by atoms with Gasteiger partial charge in [0.05, 0.1) is 5.69 Å². The summed E-state index contributed by atoms with van der Waals surface area (Å²) < 4.78 is 1.31. The molecule has 5 heteroatoms. The highest BCUT2D eigenvalue weighted by Gasteiger charge is 2.08. The third-order valence-corrected chi connectivity index (χ3v) is 2.66. The molecular formula is C13H15N3O2. The maximum atomic E-state index is 10.6. The molecule has 1 aromatic carbocycles. The average Bonchev–Trinajstić information content (AvgIpc) is 2.68. The Labute approximate surface area is 105 Å². The van der Waals surface area contributed by atoms with Crippen LogP contribution in [0.3, 0.4) is 0 Å². The Morgan fingerprint density at radius 3 is 2.67 bits per heavy atom. The maximum absolute atomic E-state index is 10.6. The van der Waals surface area contributed by atoms with Crippen LogP contribution in [0.1, 0.15) is 11.3 Å². The molecule has 2 rings (SSSR count). The summed E-state index contributed by atoms with van der Waals surface area (Å²) in [6.07, 6.45) is 1.62. The number of carbonyl (C=O) groups is 1. The van der Waals surface area contributed by atoms with Crippen molar-refractivity contribution in [2.45, 2.75) is 19.4 Å². The van der Waals surface area contributed by atoms with E-state index in [0.29, 0.717) is 5.82 Å². The monoisotopic (exact) mass is 245 g/mol. The number of nitrogens with zero attached hydrogens (tertiary/aromatic N) is 2. The van der Waals surface area contributed by atoms with Crippen LogP contribution in [0.5, 0.6) is 0 Å². The van der Waals surface area contributed by atoms with E-state index in [2.05, 4.69) is 17.2 Å². The van der Waals surface area contributed by atoms with Gasteiger partial charge in [0.2, 0.25) is 0 Å². The lowest BCUT2D eigenvalue weighted by atomic mass is 10.1. The number of nitrogens with two attached hydrogens (primary N) is 1. The molecule has 0 saturated carbocycles. The molecule has 0 bridgehead atoms. The van der Waals surface area contributed by atoms with Gasteiger partial charge in [0.15, 0.2) is 0 Å². The van der Waals surface area contributed by atoms with Gasteiger partial charge in [-0.1, -0.05) is 30.3 Å². The van der Waals surface area contributed by atoms with Crippen molar-refractivity contribution in [2.24, 2.45) is 0 Å². The van der Waals surface area contributed by atoms with Crippen LogP contribution in [0.15, 0.2) is 36.4 Å². The fourth-order valence-electron chi connectivity index (χ4n) is 1.78.